The minimum absolute atomic E-state index is 0.00486. The summed E-state index contributed by atoms with van der Waals surface area (Å²) in [6.45, 7) is 2.93. The van der Waals surface area contributed by atoms with Crippen molar-refractivity contribution >= 4 is 40.6 Å². The highest BCUT2D eigenvalue weighted by Crippen LogP contribution is 2.27. The standard InChI is InChI=1S/C24H31N3O9S/c1-24(2,13-35-23(34)15(25)11-14-3-4-16(28)17(29)12-14)21-22(33)27-8-7-18(30)26-9-10-37-20(32)6-5-19(31)36-21/h3-6,12,15,21,28-29H,7-11,13,25H2,1-2H3,(H,26,30)(H,27,33)/b6-5+/t15-,21-/m0/s1. The summed E-state index contributed by atoms with van der Waals surface area (Å²) in [4.78, 5) is 61.5. The van der Waals surface area contributed by atoms with Crippen LogP contribution in [0.4, 0.5) is 0 Å². The highest BCUT2D eigenvalue weighted by molar-refractivity contribution is 8.14. The second-order valence-corrected chi connectivity index (χ2v) is 10.0. The van der Waals surface area contributed by atoms with Gasteiger partial charge < -0.3 is 36.1 Å². The number of hydrogen-bond donors (Lipinski definition) is 5. The van der Waals surface area contributed by atoms with Crippen LogP contribution in [0.15, 0.2) is 30.4 Å². The zero-order valence-electron chi connectivity index (χ0n) is 20.5. The maximum Gasteiger partial charge on any atom is 0.331 e. The molecule has 0 unspecified atom stereocenters. The predicted molar refractivity (Wildman–Crippen MR) is 133 cm³/mol. The normalized spacial score (nSPS) is 19.9. The molecule has 37 heavy (non-hydrogen) atoms. The largest absolute Gasteiger partial charge is 0.504 e. The van der Waals surface area contributed by atoms with Crippen LogP contribution in [0.5, 0.6) is 11.5 Å². The Morgan fingerprint density at radius 3 is 2.59 bits per heavy atom. The quantitative estimate of drug-likeness (QED) is 0.240. The Labute approximate surface area is 217 Å². The van der Waals surface area contributed by atoms with Crippen molar-refractivity contribution in [3.63, 3.8) is 0 Å². The van der Waals surface area contributed by atoms with E-state index in [2.05, 4.69) is 10.6 Å². The highest BCUT2D eigenvalue weighted by atomic mass is 32.2. The number of aromatic hydroxyl groups is 2. The minimum Gasteiger partial charge on any atom is -0.504 e. The molecule has 202 valence electrons. The van der Waals surface area contributed by atoms with Crippen LogP contribution in [0, 0.1) is 5.41 Å². The summed E-state index contributed by atoms with van der Waals surface area (Å²) >= 11 is 0.909. The van der Waals surface area contributed by atoms with Crippen LogP contribution in [-0.4, -0.2) is 76.7 Å². The van der Waals surface area contributed by atoms with E-state index in [0.29, 0.717) is 11.3 Å². The zero-order chi connectivity index (χ0) is 27.6. The van der Waals surface area contributed by atoms with Gasteiger partial charge in [0.25, 0.3) is 5.91 Å². The van der Waals surface area contributed by atoms with Crippen molar-refractivity contribution in [2.45, 2.75) is 38.8 Å². The van der Waals surface area contributed by atoms with Gasteiger partial charge in [-0.3, -0.25) is 19.2 Å². The lowest BCUT2D eigenvalue weighted by atomic mass is 9.86. The van der Waals surface area contributed by atoms with Gasteiger partial charge in [0.1, 0.15) is 12.6 Å². The molecule has 0 bridgehead atoms. The molecule has 13 heteroatoms. The lowest BCUT2D eigenvalue weighted by Crippen LogP contribution is -2.49. The average Bonchev–Trinajstić information content (AvgIpc) is 2.84. The van der Waals surface area contributed by atoms with Crippen molar-refractivity contribution in [3.05, 3.63) is 35.9 Å². The van der Waals surface area contributed by atoms with Gasteiger partial charge in [0.2, 0.25) is 11.0 Å². The lowest BCUT2D eigenvalue weighted by molar-refractivity contribution is -0.166. The highest BCUT2D eigenvalue weighted by Gasteiger charge is 2.40. The second kappa shape index (κ2) is 13.7. The summed E-state index contributed by atoms with van der Waals surface area (Å²) in [5.74, 6) is -3.14. The van der Waals surface area contributed by atoms with E-state index in [1.165, 1.54) is 32.0 Å². The van der Waals surface area contributed by atoms with E-state index in [1.54, 1.807) is 0 Å². The van der Waals surface area contributed by atoms with Crippen molar-refractivity contribution in [3.8, 4) is 11.5 Å². The lowest BCUT2D eigenvalue weighted by Gasteiger charge is -2.32. The molecule has 1 aromatic rings. The third-order valence-electron chi connectivity index (χ3n) is 5.24. The summed E-state index contributed by atoms with van der Waals surface area (Å²) in [5, 5.41) is 23.7. The first-order chi connectivity index (χ1) is 17.4. The number of phenols is 2. The van der Waals surface area contributed by atoms with E-state index >= 15 is 0 Å². The first-order valence-electron chi connectivity index (χ1n) is 11.4. The van der Waals surface area contributed by atoms with E-state index in [0.717, 1.165) is 23.9 Å². The summed E-state index contributed by atoms with van der Waals surface area (Å²) in [6, 6.07) is 2.90. The number of ether oxygens (including phenoxy) is 2. The van der Waals surface area contributed by atoms with Gasteiger partial charge in [-0.1, -0.05) is 31.7 Å². The summed E-state index contributed by atoms with van der Waals surface area (Å²) in [6.07, 6.45) is 0.458. The van der Waals surface area contributed by atoms with Crippen molar-refractivity contribution < 1.29 is 43.7 Å². The molecular formula is C24H31N3O9S. The Morgan fingerprint density at radius 1 is 1.16 bits per heavy atom. The number of phenolic OH excluding ortho intramolecular Hbond substituents is 2. The molecule has 1 aromatic carbocycles. The number of hydrogen-bond acceptors (Lipinski definition) is 11. The molecule has 2 amide bonds. The number of benzene rings is 1. The fraction of sp³-hybridized carbons (Fsp3) is 0.458. The number of esters is 2. The number of amides is 2. The topological polar surface area (TPSA) is 194 Å². The Kier molecular flexibility index (Phi) is 10.9. The second-order valence-electron chi connectivity index (χ2n) is 8.94. The van der Waals surface area contributed by atoms with Gasteiger partial charge in [0.15, 0.2) is 17.6 Å². The number of thioether (sulfide) groups is 1. The molecule has 0 saturated heterocycles. The molecule has 0 aliphatic carbocycles. The first kappa shape index (κ1) is 29.6. The molecule has 0 fully saturated rings. The first-order valence-corrected chi connectivity index (χ1v) is 12.4. The number of carbonyl (C=O) groups is 5. The summed E-state index contributed by atoms with van der Waals surface area (Å²) < 4.78 is 10.6. The molecule has 0 aromatic heterocycles. The third-order valence-corrected chi connectivity index (χ3v) is 6.07. The monoisotopic (exact) mass is 537 g/mol. The SMILES string of the molecule is CC(C)(COC(=O)[C@@H](N)Cc1ccc(O)c(O)c1)[C@H]1OC(=O)/C=C/C(=O)SCCNC(=O)CCNC1=O. The van der Waals surface area contributed by atoms with Crippen molar-refractivity contribution in [1.29, 1.82) is 0 Å². The van der Waals surface area contributed by atoms with E-state index in [4.69, 9.17) is 15.2 Å². The fourth-order valence-electron chi connectivity index (χ4n) is 3.20. The van der Waals surface area contributed by atoms with Gasteiger partial charge in [-0.2, -0.15) is 0 Å². The minimum atomic E-state index is -1.43. The van der Waals surface area contributed by atoms with Gasteiger partial charge in [-0.15, -0.1) is 0 Å². The smallest absolute Gasteiger partial charge is 0.331 e. The van der Waals surface area contributed by atoms with E-state index in [-0.39, 0.29) is 49.9 Å². The van der Waals surface area contributed by atoms with Crippen molar-refractivity contribution in [2.75, 3.05) is 25.4 Å². The Bertz CT molecular complexity index is 1060. The number of nitrogens with two attached hydrogens (primary N) is 1. The molecule has 12 nitrogen and oxygen atoms in total. The average molecular weight is 538 g/mol. The van der Waals surface area contributed by atoms with Crippen LogP contribution < -0.4 is 16.4 Å². The predicted octanol–water partition coefficient (Wildman–Crippen LogP) is -0.0991. The van der Waals surface area contributed by atoms with Crippen molar-refractivity contribution in [1.82, 2.24) is 10.6 Å². The number of carbonyl (C=O) groups excluding carboxylic acids is 5. The molecular weight excluding hydrogens is 506 g/mol. The van der Waals surface area contributed by atoms with Crippen LogP contribution in [0.25, 0.3) is 0 Å². The van der Waals surface area contributed by atoms with Gasteiger partial charge in [0, 0.05) is 36.8 Å². The fourth-order valence-corrected chi connectivity index (χ4v) is 3.77. The Balaban J connectivity index is 2.09. The molecule has 6 N–H and O–H groups in total. The van der Waals surface area contributed by atoms with Crippen LogP contribution in [0.3, 0.4) is 0 Å². The molecule has 0 radical (unpaired) electrons. The number of cyclic esters (lactones) is 1. The molecule has 0 spiro atoms. The van der Waals surface area contributed by atoms with Crippen molar-refractivity contribution in [2.24, 2.45) is 11.1 Å². The zero-order valence-corrected chi connectivity index (χ0v) is 21.3. The third kappa shape index (κ3) is 9.77. The Morgan fingerprint density at radius 2 is 1.89 bits per heavy atom. The van der Waals surface area contributed by atoms with Crippen LogP contribution >= 0.6 is 11.8 Å². The van der Waals surface area contributed by atoms with Gasteiger partial charge in [0.05, 0.1) is 0 Å². The summed E-state index contributed by atoms with van der Waals surface area (Å²) in [5.41, 5.74) is 5.17. The van der Waals surface area contributed by atoms with Gasteiger partial charge in [-0.25, -0.2) is 4.79 Å². The summed E-state index contributed by atoms with van der Waals surface area (Å²) in [7, 11) is 0. The molecule has 2 atom stereocenters. The maximum atomic E-state index is 12.9. The van der Waals surface area contributed by atoms with Crippen LogP contribution in [-0.2, 0) is 39.9 Å². The van der Waals surface area contributed by atoms with Crippen LogP contribution in [0.2, 0.25) is 0 Å². The van der Waals surface area contributed by atoms with E-state index in [1.807, 2.05) is 0 Å². The maximum absolute atomic E-state index is 12.9. The molecule has 1 heterocycles. The van der Waals surface area contributed by atoms with Gasteiger partial charge in [-0.05, 0) is 30.2 Å². The molecule has 0 saturated carbocycles. The molecule has 1 aliphatic heterocycles. The van der Waals surface area contributed by atoms with E-state index < -0.39 is 40.5 Å². The molecule has 1 aliphatic rings. The van der Waals surface area contributed by atoms with Crippen LogP contribution in [0.1, 0.15) is 25.8 Å². The molecule has 2 rings (SSSR count). The van der Waals surface area contributed by atoms with Gasteiger partial charge >= 0.3 is 11.9 Å². The Hall–Kier alpha value is -3.58. The number of nitrogens with one attached hydrogen (secondary N) is 2. The van der Waals surface area contributed by atoms with E-state index in [9.17, 15) is 34.2 Å². The number of rotatable bonds is 6.